The standard InChI is InChI=1S/C16H15ClF3N3O2/c1-25-23(10-11-5-7-12(17)8-6-11)15(24)21-9-13-3-2-4-14(22-13)16(18,19)20/h2-8H,9-10H2,1H3,(H,21,24). The second kappa shape index (κ2) is 8.17. The topological polar surface area (TPSA) is 54.5 Å². The molecule has 0 radical (unpaired) electrons. The first-order valence-electron chi connectivity index (χ1n) is 7.16. The SMILES string of the molecule is CON(Cc1ccc(Cl)cc1)C(=O)NCc1cccc(C(F)(F)F)n1. The number of rotatable bonds is 5. The predicted octanol–water partition coefficient (Wildman–Crippen LogP) is 4.03. The summed E-state index contributed by atoms with van der Waals surface area (Å²) in [6.45, 7) is -0.0151. The molecule has 134 valence electrons. The van der Waals surface area contributed by atoms with E-state index in [-0.39, 0.29) is 18.8 Å². The Hall–Kier alpha value is -2.32. The zero-order chi connectivity index (χ0) is 18.4. The van der Waals surface area contributed by atoms with Crippen molar-refractivity contribution < 1.29 is 22.8 Å². The van der Waals surface area contributed by atoms with Gasteiger partial charge in [0.1, 0.15) is 5.69 Å². The molecule has 0 spiro atoms. The van der Waals surface area contributed by atoms with Gasteiger partial charge in [0.15, 0.2) is 0 Å². The first-order valence-corrected chi connectivity index (χ1v) is 7.54. The van der Waals surface area contributed by atoms with E-state index in [1.165, 1.54) is 19.2 Å². The number of hydrogen-bond acceptors (Lipinski definition) is 3. The van der Waals surface area contributed by atoms with Crippen LogP contribution in [0.1, 0.15) is 17.0 Å². The molecule has 2 amide bonds. The Bertz CT molecular complexity index is 723. The fourth-order valence-electron chi connectivity index (χ4n) is 1.97. The fraction of sp³-hybridized carbons (Fsp3) is 0.250. The molecule has 0 saturated carbocycles. The molecule has 0 aliphatic carbocycles. The van der Waals surface area contributed by atoms with Crippen LogP contribution in [0.3, 0.4) is 0 Å². The molecular weight excluding hydrogens is 359 g/mol. The number of nitrogens with one attached hydrogen (secondary N) is 1. The number of urea groups is 1. The number of alkyl halides is 3. The van der Waals surface area contributed by atoms with Gasteiger partial charge in [0.05, 0.1) is 25.9 Å². The van der Waals surface area contributed by atoms with Crippen LogP contribution in [0, 0.1) is 0 Å². The lowest BCUT2D eigenvalue weighted by molar-refractivity contribution is -0.141. The van der Waals surface area contributed by atoms with E-state index in [1.807, 2.05) is 0 Å². The Morgan fingerprint density at radius 1 is 1.24 bits per heavy atom. The summed E-state index contributed by atoms with van der Waals surface area (Å²) < 4.78 is 37.9. The molecule has 0 aliphatic rings. The molecule has 1 aromatic carbocycles. The Labute approximate surface area is 147 Å². The predicted molar refractivity (Wildman–Crippen MR) is 85.5 cm³/mol. The molecule has 1 heterocycles. The zero-order valence-electron chi connectivity index (χ0n) is 13.2. The van der Waals surface area contributed by atoms with Crippen LogP contribution in [-0.4, -0.2) is 23.2 Å². The van der Waals surface area contributed by atoms with E-state index in [9.17, 15) is 18.0 Å². The Morgan fingerprint density at radius 3 is 2.52 bits per heavy atom. The van der Waals surface area contributed by atoms with Gasteiger partial charge in [-0.3, -0.25) is 4.84 Å². The number of carbonyl (C=O) groups excluding carboxylic acids is 1. The van der Waals surface area contributed by atoms with Crippen molar-refractivity contribution in [1.29, 1.82) is 0 Å². The molecule has 5 nitrogen and oxygen atoms in total. The highest BCUT2D eigenvalue weighted by atomic mass is 35.5. The molecule has 9 heteroatoms. The molecule has 0 saturated heterocycles. The van der Waals surface area contributed by atoms with Crippen LogP contribution in [0.15, 0.2) is 42.5 Å². The van der Waals surface area contributed by atoms with E-state index in [0.717, 1.165) is 16.7 Å². The van der Waals surface area contributed by atoms with Gasteiger partial charge in [-0.1, -0.05) is 29.8 Å². The Balaban J connectivity index is 1.97. The number of hydroxylamine groups is 2. The summed E-state index contributed by atoms with van der Waals surface area (Å²) in [6, 6.07) is 9.71. The summed E-state index contributed by atoms with van der Waals surface area (Å²) in [5.74, 6) is 0. The molecule has 0 fully saturated rings. The lowest BCUT2D eigenvalue weighted by Gasteiger charge is -2.20. The first kappa shape index (κ1) is 19.0. The van der Waals surface area contributed by atoms with E-state index >= 15 is 0 Å². The maximum absolute atomic E-state index is 12.6. The van der Waals surface area contributed by atoms with Crippen molar-refractivity contribution in [3.8, 4) is 0 Å². The summed E-state index contributed by atoms with van der Waals surface area (Å²) in [6.07, 6.45) is -4.53. The number of carbonyl (C=O) groups is 1. The largest absolute Gasteiger partial charge is 0.433 e. The highest BCUT2D eigenvalue weighted by Crippen LogP contribution is 2.27. The smallest absolute Gasteiger partial charge is 0.331 e. The van der Waals surface area contributed by atoms with Crippen LogP contribution in [0.25, 0.3) is 0 Å². The lowest BCUT2D eigenvalue weighted by Crippen LogP contribution is -2.38. The van der Waals surface area contributed by atoms with Gasteiger partial charge in [-0.25, -0.2) is 9.78 Å². The molecule has 2 rings (SSSR count). The number of amides is 2. The fourth-order valence-corrected chi connectivity index (χ4v) is 2.09. The maximum Gasteiger partial charge on any atom is 0.433 e. The highest BCUT2D eigenvalue weighted by molar-refractivity contribution is 6.30. The van der Waals surface area contributed by atoms with Crippen LogP contribution >= 0.6 is 11.6 Å². The summed E-state index contributed by atoms with van der Waals surface area (Å²) >= 11 is 5.80. The number of aromatic nitrogens is 1. The maximum atomic E-state index is 12.6. The molecular formula is C16H15ClF3N3O2. The van der Waals surface area contributed by atoms with Gasteiger partial charge in [-0.2, -0.15) is 18.2 Å². The summed E-state index contributed by atoms with van der Waals surface area (Å²) in [4.78, 5) is 20.6. The molecule has 0 atom stereocenters. The lowest BCUT2D eigenvalue weighted by atomic mass is 10.2. The normalized spacial score (nSPS) is 11.2. The van der Waals surface area contributed by atoms with Crippen molar-refractivity contribution in [2.24, 2.45) is 0 Å². The minimum Gasteiger partial charge on any atom is -0.331 e. The molecule has 1 N–H and O–H groups in total. The zero-order valence-corrected chi connectivity index (χ0v) is 13.9. The van der Waals surface area contributed by atoms with Crippen molar-refractivity contribution in [2.45, 2.75) is 19.3 Å². The number of hydrogen-bond donors (Lipinski definition) is 1. The van der Waals surface area contributed by atoms with Crippen molar-refractivity contribution in [3.63, 3.8) is 0 Å². The second-order valence-corrected chi connectivity index (χ2v) is 5.45. The van der Waals surface area contributed by atoms with Gasteiger partial charge in [0, 0.05) is 5.02 Å². The summed E-state index contributed by atoms with van der Waals surface area (Å²) in [7, 11) is 1.32. The van der Waals surface area contributed by atoms with E-state index in [2.05, 4.69) is 10.3 Å². The molecule has 0 aliphatic heterocycles. The van der Waals surface area contributed by atoms with Crippen LogP contribution < -0.4 is 5.32 Å². The average Bonchev–Trinajstić information content (AvgIpc) is 2.58. The Morgan fingerprint density at radius 2 is 1.92 bits per heavy atom. The van der Waals surface area contributed by atoms with Gasteiger partial charge in [-0.05, 0) is 29.8 Å². The van der Waals surface area contributed by atoms with Gasteiger partial charge in [-0.15, -0.1) is 0 Å². The average molecular weight is 374 g/mol. The van der Waals surface area contributed by atoms with Gasteiger partial charge in [0.2, 0.25) is 0 Å². The molecule has 1 aromatic heterocycles. The third kappa shape index (κ3) is 5.61. The number of halogens is 4. The monoisotopic (exact) mass is 373 g/mol. The summed E-state index contributed by atoms with van der Waals surface area (Å²) in [5, 5.41) is 4.07. The van der Waals surface area contributed by atoms with Crippen LogP contribution in [0.4, 0.5) is 18.0 Å². The van der Waals surface area contributed by atoms with Gasteiger partial charge >= 0.3 is 12.2 Å². The highest BCUT2D eigenvalue weighted by Gasteiger charge is 2.32. The van der Waals surface area contributed by atoms with E-state index < -0.39 is 17.9 Å². The van der Waals surface area contributed by atoms with Gasteiger partial charge < -0.3 is 5.32 Å². The second-order valence-electron chi connectivity index (χ2n) is 5.02. The van der Waals surface area contributed by atoms with Crippen LogP contribution in [-0.2, 0) is 24.1 Å². The molecule has 0 unspecified atom stereocenters. The number of benzene rings is 1. The van der Waals surface area contributed by atoms with Crippen molar-refractivity contribution in [3.05, 3.63) is 64.4 Å². The third-order valence-electron chi connectivity index (χ3n) is 3.20. The quantitative estimate of drug-likeness (QED) is 0.805. The van der Waals surface area contributed by atoms with Crippen LogP contribution in [0.2, 0.25) is 5.02 Å². The van der Waals surface area contributed by atoms with Gasteiger partial charge in [0.25, 0.3) is 0 Å². The minimum absolute atomic E-state index is 0.0886. The molecule has 0 bridgehead atoms. The third-order valence-corrected chi connectivity index (χ3v) is 3.46. The van der Waals surface area contributed by atoms with Crippen LogP contribution in [0.5, 0.6) is 0 Å². The molecule has 2 aromatic rings. The van der Waals surface area contributed by atoms with E-state index in [1.54, 1.807) is 24.3 Å². The number of nitrogens with zero attached hydrogens (tertiary/aromatic N) is 2. The van der Waals surface area contributed by atoms with E-state index in [4.69, 9.17) is 16.4 Å². The van der Waals surface area contributed by atoms with Crippen molar-refractivity contribution in [1.82, 2.24) is 15.4 Å². The first-order chi connectivity index (χ1) is 11.8. The molecule has 25 heavy (non-hydrogen) atoms. The number of pyridine rings is 1. The van der Waals surface area contributed by atoms with Crippen molar-refractivity contribution >= 4 is 17.6 Å². The minimum atomic E-state index is -4.53. The van der Waals surface area contributed by atoms with Crippen molar-refractivity contribution in [2.75, 3.05) is 7.11 Å². The summed E-state index contributed by atoms with van der Waals surface area (Å²) in [5.41, 5.74) is -0.145. The Kier molecular flexibility index (Phi) is 6.22. The van der Waals surface area contributed by atoms with E-state index in [0.29, 0.717) is 5.02 Å².